The molecule has 54 heavy (non-hydrogen) atoms. The summed E-state index contributed by atoms with van der Waals surface area (Å²) in [7, 11) is 0. The first-order chi connectivity index (χ1) is 26.5. The fraction of sp³-hybridized carbons (Fsp3) is 0.171. The highest BCUT2D eigenvalue weighted by Crippen LogP contribution is 2.40. The number of aliphatic hydroxyl groups excluding tert-OH is 1. The second-order valence-electron chi connectivity index (χ2n) is 12.8. The maximum atomic E-state index is 12.9. The molecule has 7 aromatic rings. The summed E-state index contributed by atoms with van der Waals surface area (Å²) in [6, 6.07) is 38.1. The van der Waals surface area contributed by atoms with E-state index in [1.54, 1.807) is 28.9 Å². The largest absolute Gasteiger partial charge is 0.508 e. The van der Waals surface area contributed by atoms with Crippen molar-refractivity contribution in [1.82, 2.24) is 35.5 Å². The molecular weight excluding hydrogens is 703 g/mol. The lowest BCUT2D eigenvalue weighted by Crippen LogP contribution is -2.31. The van der Waals surface area contributed by atoms with Crippen LogP contribution in [0.4, 0.5) is 0 Å². The van der Waals surface area contributed by atoms with Gasteiger partial charge in [-0.25, -0.2) is 4.98 Å². The van der Waals surface area contributed by atoms with Gasteiger partial charge in [0.1, 0.15) is 11.4 Å². The number of nitrogens with one attached hydrogen (secondary N) is 1. The van der Waals surface area contributed by atoms with Gasteiger partial charge >= 0.3 is 0 Å². The van der Waals surface area contributed by atoms with Crippen molar-refractivity contribution in [3.63, 3.8) is 0 Å². The zero-order valence-electron chi connectivity index (χ0n) is 28.9. The molecule has 0 spiro atoms. The smallest absolute Gasteiger partial charge is 0.271 e. The Kier molecular flexibility index (Phi) is 10.4. The molecule has 1 fully saturated rings. The maximum absolute atomic E-state index is 12.9. The summed E-state index contributed by atoms with van der Waals surface area (Å²) < 4.78 is 14.8. The number of aromatic nitrogens is 6. The average molecular weight is 738 g/mol. The van der Waals surface area contributed by atoms with Gasteiger partial charge in [-0.3, -0.25) is 9.78 Å². The normalized spacial score (nSPS) is 17.0. The van der Waals surface area contributed by atoms with Gasteiger partial charge < -0.3 is 25.0 Å². The van der Waals surface area contributed by atoms with Crippen LogP contribution in [0.5, 0.6) is 5.75 Å². The summed E-state index contributed by atoms with van der Waals surface area (Å²) >= 11 is 1.48. The second kappa shape index (κ2) is 15.9. The number of hydrogen-bond donors (Lipinski definition) is 3. The van der Waals surface area contributed by atoms with E-state index < -0.39 is 6.29 Å². The number of aromatic hydroxyl groups is 1. The van der Waals surface area contributed by atoms with Crippen molar-refractivity contribution in [1.29, 1.82) is 0 Å². The SMILES string of the molecule is O=C(NCc1cccc(-c2ccc(C3OC(CSc4nnnn4-c4ccc(O)cc4)CC(c4ccc(CO)cc4)O3)cc2)c1)c1cnc2ccccc2n1. The quantitative estimate of drug-likeness (QED) is 0.121. The van der Waals surface area contributed by atoms with E-state index in [9.17, 15) is 15.0 Å². The minimum absolute atomic E-state index is 0.0308. The van der Waals surface area contributed by atoms with Gasteiger partial charge in [0.05, 0.1) is 41.7 Å². The number of thioether (sulfide) groups is 1. The third-order valence-corrected chi connectivity index (χ3v) is 10.2. The van der Waals surface area contributed by atoms with Gasteiger partial charge in [-0.1, -0.05) is 90.6 Å². The number of hydrogen-bond acceptors (Lipinski definition) is 11. The van der Waals surface area contributed by atoms with Crippen molar-refractivity contribution in [2.45, 2.75) is 43.2 Å². The molecule has 0 saturated carbocycles. The Morgan fingerprint density at radius 2 is 1.61 bits per heavy atom. The number of amides is 1. The van der Waals surface area contributed by atoms with Crippen LogP contribution in [0.2, 0.25) is 0 Å². The van der Waals surface area contributed by atoms with E-state index in [-0.39, 0.29) is 36.2 Å². The van der Waals surface area contributed by atoms with Crippen molar-refractivity contribution in [2.75, 3.05) is 5.75 Å². The van der Waals surface area contributed by atoms with E-state index in [1.165, 1.54) is 18.0 Å². The van der Waals surface area contributed by atoms with Gasteiger partial charge in [0.2, 0.25) is 5.16 Å². The Morgan fingerprint density at radius 1 is 0.833 bits per heavy atom. The monoisotopic (exact) mass is 737 g/mol. The summed E-state index contributed by atoms with van der Waals surface area (Å²) in [4.78, 5) is 21.7. The molecule has 3 atom stereocenters. The molecule has 1 amide bonds. The molecule has 13 heteroatoms. The molecule has 12 nitrogen and oxygen atoms in total. The molecule has 0 radical (unpaired) electrons. The number of para-hydroxylation sites is 2. The zero-order chi connectivity index (χ0) is 36.9. The number of phenolic OH excluding ortho intramolecular Hbond substituents is 1. The molecule has 1 aliphatic rings. The average Bonchev–Trinajstić information content (AvgIpc) is 3.71. The topological polar surface area (TPSA) is 157 Å². The van der Waals surface area contributed by atoms with Crippen molar-refractivity contribution >= 4 is 28.7 Å². The highest BCUT2D eigenvalue weighted by atomic mass is 32.2. The maximum Gasteiger partial charge on any atom is 0.271 e. The lowest BCUT2D eigenvalue weighted by molar-refractivity contribution is -0.245. The molecule has 0 aliphatic carbocycles. The number of benzene rings is 5. The van der Waals surface area contributed by atoms with E-state index in [0.29, 0.717) is 29.4 Å². The van der Waals surface area contributed by atoms with Crippen molar-refractivity contribution in [2.24, 2.45) is 0 Å². The number of aliphatic hydroxyl groups is 1. The number of fused-ring (bicyclic) bond motifs is 1. The van der Waals surface area contributed by atoms with Crippen LogP contribution in [-0.4, -0.2) is 58.2 Å². The van der Waals surface area contributed by atoms with Crippen LogP contribution in [-0.2, 0) is 22.6 Å². The molecule has 3 heterocycles. The molecule has 8 rings (SSSR count). The number of nitrogens with zero attached hydrogens (tertiary/aromatic N) is 6. The van der Waals surface area contributed by atoms with E-state index in [0.717, 1.165) is 44.6 Å². The molecular formula is C41H35N7O5S. The predicted octanol–water partition coefficient (Wildman–Crippen LogP) is 6.74. The third-order valence-electron chi connectivity index (χ3n) is 9.13. The van der Waals surface area contributed by atoms with Crippen LogP contribution in [0.15, 0.2) is 133 Å². The molecule has 0 bridgehead atoms. The van der Waals surface area contributed by atoms with Crippen molar-refractivity contribution in [3.8, 4) is 22.6 Å². The molecule has 5 aromatic carbocycles. The number of tetrazole rings is 1. The molecule has 1 saturated heterocycles. The standard InChI is InChI=1S/C41H35N7O5S/c49-24-26-8-10-29(11-9-26)38-21-34(25-54-41-45-46-47-48(41)32-16-18-33(50)19-17-32)52-40(53-38)30-14-12-28(13-15-30)31-5-3-4-27(20-31)22-43-39(51)37-23-42-35-6-1-2-7-36(35)44-37/h1-20,23,34,38,40,49-50H,21-22,24-25H2,(H,43,51). The van der Waals surface area contributed by atoms with Crippen LogP contribution in [0.3, 0.4) is 0 Å². The fourth-order valence-electron chi connectivity index (χ4n) is 6.25. The Bertz CT molecular complexity index is 2370. The van der Waals surface area contributed by atoms with E-state index in [4.69, 9.17) is 9.47 Å². The second-order valence-corrected chi connectivity index (χ2v) is 13.8. The molecule has 1 aliphatic heterocycles. The third kappa shape index (κ3) is 7.99. The van der Waals surface area contributed by atoms with Gasteiger partial charge in [-0.15, -0.1) is 5.10 Å². The fourth-order valence-corrected chi connectivity index (χ4v) is 7.16. The predicted molar refractivity (Wildman–Crippen MR) is 203 cm³/mol. The van der Waals surface area contributed by atoms with Crippen LogP contribution in [0.1, 0.15) is 51.6 Å². The molecule has 3 N–H and O–H groups in total. The Morgan fingerprint density at radius 3 is 2.41 bits per heavy atom. The summed E-state index contributed by atoms with van der Waals surface area (Å²) in [5.41, 5.74) is 8.08. The Labute approximate surface area is 314 Å². The van der Waals surface area contributed by atoms with Crippen LogP contribution in [0.25, 0.3) is 27.8 Å². The van der Waals surface area contributed by atoms with Gasteiger partial charge in [-0.05, 0) is 80.7 Å². The van der Waals surface area contributed by atoms with Gasteiger partial charge in [0.15, 0.2) is 6.29 Å². The number of rotatable bonds is 11. The lowest BCUT2D eigenvalue weighted by atomic mass is 9.99. The first-order valence-electron chi connectivity index (χ1n) is 17.4. The highest BCUT2D eigenvalue weighted by Gasteiger charge is 2.33. The highest BCUT2D eigenvalue weighted by molar-refractivity contribution is 7.99. The summed E-state index contributed by atoms with van der Waals surface area (Å²) in [5, 5.41) is 35.1. The van der Waals surface area contributed by atoms with E-state index >= 15 is 0 Å². The number of carbonyl (C=O) groups excluding carboxylic acids is 1. The Hall–Kier alpha value is -5.99. The molecule has 3 unspecified atom stereocenters. The van der Waals surface area contributed by atoms with E-state index in [1.807, 2.05) is 91.0 Å². The van der Waals surface area contributed by atoms with Gasteiger partial charge in [-0.2, -0.15) is 4.68 Å². The van der Waals surface area contributed by atoms with Crippen LogP contribution < -0.4 is 5.32 Å². The van der Waals surface area contributed by atoms with Crippen molar-refractivity contribution < 1.29 is 24.5 Å². The number of carbonyl (C=O) groups is 1. The van der Waals surface area contributed by atoms with Gasteiger partial charge in [0.25, 0.3) is 5.91 Å². The minimum atomic E-state index is -0.631. The van der Waals surface area contributed by atoms with Crippen molar-refractivity contribution in [3.05, 3.63) is 155 Å². The summed E-state index contributed by atoms with van der Waals surface area (Å²) in [5.74, 6) is 0.445. The van der Waals surface area contributed by atoms with Crippen LogP contribution >= 0.6 is 11.8 Å². The number of ether oxygens (including phenoxy) is 2. The summed E-state index contributed by atoms with van der Waals surface area (Å²) in [6.45, 7) is 0.307. The first-order valence-corrected chi connectivity index (χ1v) is 18.4. The number of phenols is 1. The first kappa shape index (κ1) is 35.1. The zero-order valence-corrected chi connectivity index (χ0v) is 29.7. The van der Waals surface area contributed by atoms with E-state index in [2.05, 4.69) is 36.9 Å². The molecule has 2 aromatic heterocycles. The van der Waals surface area contributed by atoms with Crippen LogP contribution in [0, 0.1) is 0 Å². The Balaban J connectivity index is 0.961. The van der Waals surface area contributed by atoms with Gasteiger partial charge in [0, 0.05) is 24.3 Å². The molecule has 270 valence electrons. The minimum Gasteiger partial charge on any atom is -0.508 e. The lowest BCUT2D eigenvalue weighted by Gasteiger charge is -2.36. The summed E-state index contributed by atoms with van der Waals surface area (Å²) in [6.07, 6.45) is 1.03.